The van der Waals surface area contributed by atoms with E-state index >= 15 is 0 Å². The molecule has 5 nitrogen and oxygen atoms in total. The maximum absolute atomic E-state index is 12.0. The second kappa shape index (κ2) is 12.7. The fourth-order valence-corrected chi connectivity index (χ4v) is 3.36. The van der Waals surface area contributed by atoms with Crippen molar-refractivity contribution in [2.45, 2.75) is 59.0 Å². The van der Waals surface area contributed by atoms with Crippen molar-refractivity contribution in [3.63, 3.8) is 0 Å². The molecule has 27 heavy (non-hydrogen) atoms. The summed E-state index contributed by atoms with van der Waals surface area (Å²) in [5.74, 6) is 0.792. The van der Waals surface area contributed by atoms with Gasteiger partial charge in [0.15, 0.2) is 0 Å². The highest BCUT2D eigenvalue weighted by molar-refractivity contribution is 5.73. The maximum Gasteiger partial charge on any atom is 0.315 e. The van der Waals surface area contributed by atoms with Crippen LogP contribution in [0.4, 0.5) is 4.79 Å². The molecule has 0 bridgehead atoms. The SMILES string of the molecule is CC(C)CCCCCCNC(=O)NCc1ccccc1CN1CCOCC1. The number of ether oxygens (including phenoxy) is 1. The Morgan fingerprint density at radius 3 is 2.48 bits per heavy atom. The van der Waals surface area contributed by atoms with Crippen LogP contribution in [0.15, 0.2) is 24.3 Å². The van der Waals surface area contributed by atoms with Gasteiger partial charge in [-0.05, 0) is 23.5 Å². The number of morpholine rings is 1. The molecule has 2 amide bonds. The molecular weight excluding hydrogens is 338 g/mol. The zero-order chi connectivity index (χ0) is 19.3. The van der Waals surface area contributed by atoms with Gasteiger partial charge in [0.1, 0.15) is 0 Å². The Morgan fingerprint density at radius 1 is 1.04 bits per heavy atom. The Labute approximate surface area is 164 Å². The summed E-state index contributed by atoms with van der Waals surface area (Å²) in [6.07, 6.45) is 6.10. The third kappa shape index (κ3) is 9.25. The van der Waals surface area contributed by atoms with E-state index in [0.29, 0.717) is 6.54 Å². The zero-order valence-electron chi connectivity index (χ0n) is 17.1. The number of hydrogen-bond acceptors (Lipinski definition) is 3. The van der Waals surface area contributed by atoms with Crippen molar-refractivity contribution in [2.75, 3.05) is 32.8 Å². The van der Waals surface area contributed by atoms with E-state index in [2.05, 4.69) is 47.6 Å². The summed E-state index contributed by atoms with van der Waals surface area (Å²) < 4.78 is 5.42. The second-order valence-corrected chi connectivity index (χ2v) is 7.86. The Kier molecular flexibility index (Phi) is 10.2. The molecule has 0 unspecified atom stereocenters. The van der Waals surface area contributed by atoms with Crippen molar-refractivity contribution < 1.29 is 9.53 Å². The number of carbonyl (C=O) groups is 1. The van der Waals surface area contributed by atoms with Crippen molar-refractivity contribution in [1.29, 1.82) is 0 Å². The van der Waals surface area contributed by atoms with Crippen molar-refractivity contribution in [3.8, 4) is 0 Å². The smallest absolute Gasteiger partial charge is 0.315 e. The third-order valence-electron chi connectivity index (χ3n) is 5.05. The first-order valence-electron chi connectivity index (χ1n) is 10.5. The molecule has 0 spiro atoms. The molecule has 1 aliphatic heterocycles. The lowest BCUT2D eigenvalue weighted by Crippen LogP contribution is -2.37. The first-order valence-corrected chi connectivity index (χ1v) is 10.5. The number of amides is 2. The highest BCUT2D eigenvalue weighted by Gasteiger charge is 2.12. The minimum atomic E-state index is -0.0710. The van der Waals surface area contributed by atoms with Gasteiger partial charge in [-0.15, -0.1) is 0 Å². The Hall–Kier alpha value is -1.59. The van der Waals surface area contributed by atoms with Gasteiger partial charge in [-0.3, -0.25) is 4.90 Å². The summed E-state index contributed by atoms with van der Waals surface area (Å²) in [6, 6.07) is 8.29. The van der Waals surface area contributed by atoms with Gasteiger partial charge in [0.25, 0.3) is 0 Å². The van der Waals surface area contributed by atoms with Crippen molar-refractivity contribution in [1.82, 2.24) is 15.5 Å². The van der Waals surface area contributed by atoms with Crippen LogP contribution in [0.2, 0.25) is 0 Å². The molecule has 0 saturated carbocycles. The molecule has 0 radical (unpaired) electrons. The molecule has 1 aliphatic rings. The van der Waals surface area contributed by atoms with Crippen LogP contribution >= 0.6 is 0 Å². The molecule has 2 N–H and O–H groups in total. The second-order valence-electron chi connectivity index (χ2n) is 7.86. The van der Waals surface area contributed by atoms with Gasteiger partial charge in [0.05, 0.1) is 13.2 Å². The van der Waals surface area contributed by atoms with Crippen LogP contribution in [0.3, 0.4) is 0 Å². The number of benzene rings is 1. The molecule has 1 fully saturated rings. The summed E-state index contributed by atoms with van der Waals surface area (Å²) in [7, 11) is 0. The molecule has 152 valence electrons. The average Bonchev–Trinajstić information content (AvgIpc) is 2.67. The van der Waals surface area contributed by atoms with E-state index in [1.54, 1.807) is 0 Å². The van der Waals surface area contributed by atoms with E-state index in [1.807, 2.05) is 6.07 Å². The topological polar surface area (TPSA) is 53.6 Å². The molecule has 1 saturated heterocycles. The fourth-order valence-electron chi connectivity index (χ4n) is 3.36. The lowest BCUT2D eigenvalue weighted by molar-refractivity contribution is 0.0341. The van der Waals surface area contributed by atoms with Crippen LogP contribution in [-0.4, -0.2) is 43.8 Å². The lowest BCUT2D eigenvalue weighted by Gasteiger charge is -2.27. The number of hydrogen-bond donors (Lipinski definition) is 2. The molecule has 1 aromatic carbocycles. The summed E-state index contributed by atoms with van der Waals surface area (Å²) >= 11 is 0. The number of nitrogens with zero attached hydrogens (tertiary/aromatic N) is 1. The van der Waals surface area contributed by atoms with E-state index in [4.69, 9.17) is 4.74 Å². The minimum Gasteiger partial charge on any atom is -0.379 e. The van der Waals surface area contributed by atoms with Gasteiger partial charge >= 0.3 is 6.03 Å². The van der Waals surface area contributed by atoms with Gasteiger partial charge in [0, 0.05) is 32.7 Å². The van der Waals surface area contributed by atoms with Gasteiger partial charge < -0.3 is 15.4 Å². The summed E-state index contributed by atoms with van der Waals surface area (Å²) in [6.45, 7) is 10.3. The molecule has 1 aromatic rings. The molecule has 0 aliphatic carbocycles. The maximum atomic E-state index is 12.0. The summed E-state index contributed by atoms with van der Waals surface area (Å²) in [5.41, 5.74) is 2.47. The predicted molar refractivity (Wildman–Crippen MR) is 111 cm³/mol. The third-order valence-corrected chi connectivity index (χ3v) is 5.05. The van der Waals surface area contributed by atoms with Gasteiger partial charge in [0.2, 0.25) is 0 Å². The van der Waals surface area contributed by atoms with Crippen LogP contribution in [0.5, 0.6) is 0 Å². The van der Waals surface area contributed by atoms with E-state index in [0.717, 1.165) is 51.7 Å². The first kappa shape index (κ1) is 21.7. The Morgan fingerprint density at radius 2 is 1.74 bits per heavy atom. The molecule has 1 heterocycles. The molecule has 0 aromatic heterocycles. The standard InChI is InChI=1S/C22H37N3O2/c1-19(2)9-5-3-4-8-12-23-22(26)24-17-20-10-6-7-11-21(20)18-25-13-15-27-16-14-25/h6-7,10-11,19H,3-5,8-9,12-18H2,1-2H3,(H2,23,24,26). The van der Waals surface area contributed by atoms with Crippen LogP contribution in [0, 0.1) is 5.92 Å². The van der Waals surface area contributed by atoms with Crippen LogP contribution < -0.4 is 10.6 Å². The van der Waals surface area contributed by atoms with Gasteiger partial charge in [-0.2, -0.15) is 0 Å². The summed E-state index contributed by atoms with van der Waals surface area (Å²) in [5, 5.41) is 5.98. The first-order chi connectivity index (χ1) is 13.1. The zero-order valence-corrected chi connectivity index (χ0v) is 17.1. The highest BCUT2D eigenvalue weighted by atomic mass is 16.5. The summed E-state index contributed by atoms with van der Waals surface area (Å²) in [4.78, 5) is 14.5. The van der Waals surface area contributed by atoms with E-state index in [9.17, 15) is 4.79 Å². The van der Waals surface area contributed by atoms with Crippen molar-refractivity contribution >= 4 is 6.03 Å². The molecule has 2 rings (SSSR count). The van der Waals surface area contributed by atoms with E-state index in [1.165, 1.54) is 36.8 Å². The van der Waals surface area contributed by atoms with Crippen molar-refractivity contribution in [3.05, 3.63) is 35.4 Å². The number of urea groups is 1. The fraction of sp³-hybridized carbons (Fsp3) is 0.682. The number of unbranched alkanes of at least 4 members (excludes halogenated alkanes) is 3. The quantitative estimate of drug-likeness (QED) is 0.576. The largest absolute Gasteiger partial charge is 0.379 e. The van der Waals surface area contributed by atoms with E-state index < -0.39 is 0 Å². The highest BCUT2D eigenvalue weighted by Crippen LogP contribution is 2.13. The Balaban J connectivity index is 1.63. The van der Waals surface area contributed by atoms with Gasteiger partial charge in [-0.25, -0.2) is 4.79 Å². The Bertz CT molecular complexity index is 542. The normalized spacial score (nSPS) is 15.1. The van der Waals surface area contributed by atoms with Crippen LogP contribution in [0.25, 0.3) is 0 Å². The lowest BCUT2D eigenvalue weighted by atomic mass is 10.0. The number of nitrogens with one attached hydrogen (secondary N) is 2. The molecular formula is C22H37N3O2. The van der Waals surface area contributed by atoms with Crippen molar-refractivity contribution in [2.24, 2.45) is 5.92 Å². The molecule has 0 atom stereocenters. The monoisotopic (exact) mass is 375 g/mol. The predicted octanol–water partition coefficient (Wildman–Crippen LogP) is 3.92. The van der Waals surface area contributed by atoms with Crippen LogP contribution in [-0.2, 0) is 17.8 Å². The average molecular weight is 376 g/mol. The van der Waals surface area contributed by atoms with E-state index in [-0.39, 0.29) is 6.03 Å². The number of carbonyl (C=O) groups excluding carboxylic acids is 1. The number of rotatable bonds is 11. The molecule has 5 heteroatoms. The van der Waals surface area contributed by atoms with Gasteiger partial charge in [-0.1, -0.05) is 63.8 Å². The minimum absolute atomic E-state index is 0.0710. The van der Waals surface area contributed by atoms with Crippen LogP contribution in [0.1, 0.15) is 57.1 Å².